The first-order chi connectivity index (χ1) is 17.9. The Labute approximate surface area is 220 Å². The highest BCUT2D eigenvalue weighted by Gasteiger charge is 2.37. The zero-order valence-corrected chi connectivity index (χ0v) is 21.6. The number of aromatic nitrogens is 1. The third-order valence-electron chi connectivity index (χ3n) is 6.53. The number of para-hydroxylation sites is 2. The molecule has 1 aliphatic heterocycles. The van der Waals surface area contributed by atoms with Crippen molar-refractivity contribution < 1.29 is 14.0 Å². The van der Waals surface area contributed by atoms with Crippen LogP contribution >= 0.6 is 11.8 Å². The van der Waals surface area contributed by atoms with Gasteiger partial charge in [-0.2, -0.15) is 0 Å². The number of hydrogen-bond acceptors (Lipinski definition) is 3. The first-order valence-corrected chi connectivity index (χ1v) is 13.2. The third-order valence-corrected chi connectivity index (χ3v) is 7.53. The maximum absolute atomic E-state index is 14.1. The van der Waals surface area contributed by atoms with E-state index in [1.165, 1.54) is 23.9 Å². The lowest BCUT2D eigenvalue weighted by atomic mass is 9.97. The summed E-state index contributed by atoms with van der Waals surface area (Å²) in [6, 6.07) is 27.1. The molecule has 5 nitrogen and oxygen atoms in total. The molecular formula is C30H28FN3O2S. The molecule has 1 atom stereocenters. The second kappa shape index (κ2) is 10.6. The van der Waals surface area contributed by atoms with E-state index in [-0.39, 0.29) is 36.0 Å². The monoisotopic (exact) mass is 513 g/mol. The van der Waals surface area contributed by atoms with Crippen molar-refractivity contribution in [3.05, 3.63) is 114 Å². The molecule has 1 aliphatic rings. The molecular weight excluding hydrogens is 485 g/mol. The van der Waals surface area contributed by atoms with Gasteiger partial charge in [0.15, 0.2) is 0 Å². The second-order valence-electron chi connectivity index (χ2n) is 9.23. The Morgan fingerprint density at radius 2 is 1.57 bits per heavy atom. The first-order valence-electron chi connectivity index (χ1n) is 12.3. The second-order valence-corrected chi connectivity index (χ2v) is 10.3. The van der Waals surface area contributed by atoms with E-state index in [2.05, 4.69) is 4.57 Å². The lowest BCUT2D eigenvalue weighted by molar-refractivity contribution is -0.134. The fourth-order valence-corrected chi connectivity index (χ4v) is 5.55. The van der Waals surface area contributed by atoms with Gasteiger partial charge in [0, 0.05) is 17.1 Å². The van der Waals surface area contributed by atoms with E-state index in [1.807, 2.05) is 86.8 Å². The lowest BCUT2D eigenvalue weighted by Crippen LogP contribution is -2.49. The molecule has 0 spiro atoms. The van der Waals surface area contributed by atoms with Gasteiger partial charge in [0.05, 0.1) is 22.8 Å². The molecule has 0 unspecified atom stereocenters. The predicted molar refractivity (Wildman–Crippen MR) is 146 cm³/mol. The molecule has 4 aromatic rings. The molecule has 0 radical (unpaired) electrons. The van der Waals surface area contributed by atoms with Crippen molar-refractivity contribution in [1.29, 1.82) is 0 Å². The van der Waals surface area contributed by atoms with Gasteiger partial charge < -0.3 is 9.47 Å². The first kappa shape index (κ1) is 24.8. The maximum atomic E-state index is 14.1. The SMILES string of the molecule is CC(C)N(CC(=O)N1c2ccccc2-n2cccc2[C@H]1c1ccc(F)cc1)C(=O)CSc1ccccc1. The van der Waals surface area contributed by atoms with Gasteiger partial charge in [0.2, 0.25) is 11.8 Å². The highest BCUT2D eigenvalue weighted by atomic mass is 32.2. The summed E-state index contributed by atoms with van der Waals surface area (Å²) in [5.74, 6) is -0.373. The molecule has 188 valence electrons. The summed E-state index contributed by atoms with van der Waals surface area (Å²) in [4.78, 5) is 31.7. The van der Waals surface area contributed by atoms with Crippen molar-refractivity contribution in [3.8, 4) is 5.69 Å². The molecule has 7 heteroatoms. The van der Waals surface area contributed by atoms with Crippen LogP contribution in [-0.4, -0.2) is 39.6 Å². The van der Waals surface area contributed by atoms with Gasteiger partial charge >= 0.3 is 0 Å². The number of amides is 2. The average molecular weight is 514 g/mol. The summed E-state index contributed by atoms with van der Waals surface area (Å²) in [6.45, 7) is 3.79. The molecule has 2 amide bonds. The Morgan fingerprint density at radius 3 is 2.27 bits per heavy atom. The number of halogens is 1. The molecule has 2 heterocycles. The zero-order chi connectivity index (χ0) is 25.9. The Bertz CT molecular complexity index is 1400. The normalized spacial score (nSPS) is 14.3. The number of rotatable bonds is 7. The van der Waals surface area contributed by atoms with E-state index < -0.39 is 6.04 Å². The van der Waals surface area contributed by atoms with E-state index >= 15 is 0 Å². The molecule has 0 bridgehead atoms. The molecule has 1 aromatic heterocycles. The highest BCUT2D eigenvalue weighted by Crippen LogP contribution is 2.42. The fourth-order valence-electron chi connectivity index (χ4n) is 4.75. The minimum Gasteiger partial charge on any atom is -0.330 e. The van der Waals surface area contributed by atoms with Gasteiger partial charge in [-0.25, -0.2) is 4.39 Å². The van der Waals surface area contributed by atoms with Crippen LogP contribution in [0.2, 0.25) is 0 Å². The van der Waals surface area contributed by atoms with Crippen LogP contribution in [0.3, 0.4) is 0 Å². The highest BCUT2D eigenvalue weighted by molar-refractivity contribution is 8.00. The molecule has 0 N–H and O–H groups in total. The number of carbonyl (C=O) groups is 2. The zero-order valence-electron chi connectivity index (χ0n) is 20.8. The van der Waals surface area contributed by atoms with Crippen LogP contribution < -0.4 is 4.90 Å². The molecule has 0 saturated carbocycles. The van der Waals surface area contributed by atoms with Gasteiger partial charge in [-0.1, -0.05) is 42.5 Å². The van der Waals surface area contributed by atoms with Crippen LogP contribution in [0.1, 0.15) is 31.1 Å². The molecule has 5 rings (SSSR count). The maximum Gasteiger partial charge on any atom is 0.247 e. The molecule has 0 saturated heterocycles. The number of benzene rings is 3. The Morgan fingerprint density at radius 1 is 0.892 bits per heavy atom. The summed E-state index contributed by atoms with van der Waals surface area (Å²) < 4.78 is 15.9. The van der Waals surface area contributed by atoms with Crippen molar-refractivity contribution in [2.75, 3.05) is 17.2 Å². The van der Waals surface area contributed by atoms with Crippen molar-refractivity contribution >= 4 is 29.3 Å². The smallest absolute Gasteiger partial charge is 0.247 e. The van der Waals surface area contributed by atoms with Gasteiger partial charge in [-0.05, 0) is 67.9 Å². The van der Waals surface area contributed by atoms with Crippen LogP contribution in [-0.2, 0) is 9.59 Å². The van der Waals surface area contributed by atoms with Crippen molar-refractivity contribution in [2.24, 2.45) is 0 Å². The molecule has 3 aromatic carbocycles. The van der Waals surface area contributed by atoms with E-state index in [1.54, 1.807) is 21.9 Å². The van der Waals surface area contributed by atoms with E-state index in [0.717, 1.165) is 27.5 Å². The predicted octanol–water partition coefficient (Wildman–Crippen LogP) is 6.08. The van der Waals surface area contributed by atoms with Gasteiger partial charge in [0.25, 0.3) is 0 Å². The van der Waals surface area contributed by atoms with Crippen LogP contribution in [0.25, 0.3) is 5.69 Å². The Hall–Kier alpha value is -3.84. The third kappa shape index (κ3) is 5.04. The molecule has 0 fully saturated rings. The standard InChI is InChI=1S/C30H28FN3O2S/c1-21(2)33(29(36)20-37-24-9-4-3-5-10-24)19-28(35)34-26-12-7-6-11-25(26)32-18-8-13-27(32)30(34)22-14-16-23(31)17-15-22/h3-18,21,30H,19-20H2,1-2H3/t30-/m1/s1. The van der Waals surface area contributed by atoms with E-state index in [0.29, 0.717) is 0 Å². The van der Waals surface area contributed by atoms with Crippen LogP contribution in [0.5, 0.6) is 0 Å². The summed E-state index contributed by atoms with van der Waals surface area (Å²) in [6.07, 6.45) is 1.97. The van der Waals surface area contributed by atoms with Crippen LogP contribution in [0, 0.1) is 5.82 Å². The Kier molecular flexibility index (Phi) is 7.15. The summed E-state index contributed by atoms with van der Waals surface area (Å²) in [5.41, 5.74) is 3.34. The number of anilines is 1. The van der Waals surface area contributed by atoms with Crippen molar-refractivity contribution in [1.82, 2.24) is 9.47 Å². The lowest BCUT2D eigenvalue weighted by Gasteiger charge is -2.40. The van der Waals surface area contributed by atoms with Crippen LogP contribution in [0.15, 0.2) is 102 Å². The minimum absolute atomic E-state index is 0.0570. The number of fused-ring (bicyclic) bond motifs is 3. The van der Waals surface area contributed by atoms with Crippen LogP contribution in [0.4, 0.5) is 10.1 Å². The number of carbonyl (C=O) groups excluding carboxylic acids is 2. The number of thioether (sulfide) groups is 1. The topological polar surface area (TPSA) is 45.6 Å². The number of nitrogens with zero attached hydrogens (tertiary/aromatic N) is 3. The minimum atomic E-state index is -0.458. The largest absolute Gasteiger partial charge is 0.330 e. The van der Waals surface area contributed by atoms with E-state index in [4.69, 9.17) is 0 Å². The van der Waals surface area contributed by atoms with Crippen molar-refractivity contribution in [3.63, 3.8) is 0 Å². The van der Waals surface area contributed by atoms with E-state index in [9.17, 15) is 14.0 Å². The summed E-state index contributed by atoms with van der Waals surface area (Å²) in [7, 11) is 0. The molecule has 0 aliphatic carbocycles. The summed E-state index contributed by atoms with van der Waals surface area (Å²) >= 11 is 1.46. The quantitative estimate of drug-likeness (QED) is 0.281. The van der Waals surface area contributed by atoms with Gasteiger partial charge in [0.1, 0.15) is 18.4 Å². The fraction of sp³-hybridized carbons (Fsp3) is 0.200. The van der Waals surface area contributed by atoms with Gasteiger partial charge in [-0.15, -0.1) is 11.8 Å². The Balaban J connectivity index is 1.47. The van der Waals surface area contributed by atoms with Gasteiger partial charge in [-0.3, -0.25) is 14.5 Å². The average Bonchev–Trinajstić information content (AvgIpc) is 3.40. The van der Waals surface area contributed by atoms with Crippen molar-refractivity contribution in [2.45, 2.75) is 30.8 Å². The number of hydrogen-bond donors (Lipinski definition) is 0. The summed E-state index contributed by atoms with van der Waals surface area (Å²) in [5, 5.41) is 0. The molecule has 37 heavy (non-hydrogen) atoms.